The molecule has 4 heteroatoms. The molecule has 3 nitrogen and oxygen atoms in total. The van der Waals surface area contributed by atoms with E-state index < -0.39 is 0 Å². The Hall–Kier alpha value is -1.81. The van der Waals surface area contributed by atoms with Gasteiger partial charge < -0.3 is 10.2 Å². The van der Waals surface area contributed by atoms with E-state index in [1.165, 1.54) is 28.2 Å². The van der Waals surface area contributed by atoms with E-state index >= 15 is 0 Å². The Morgan fingerprint density at radius 1 is 1.17 bits per heavy atom. The molecule has 0 spiro atoms. The highest BCUT2D eigenvalue weighted by Crippen LogP contribution is 2.26. The number of thiophene rings is 1. The topological polar surface area (TPSA) is 32.3 Å². The first kappa shape index (κ1) is 17.0. The minimum atomic E-state index is 0.0869. The average Bonchev–Trinajstić information content (AvgIpc) is 3.25. The quantitative estimate of drug-likeness (QED) is 0.807. The summed E-state index contributed by atoms with van der Waals surface area (Å²) in [5, 5.41) is 3.13. The minimum absolute atomic E-state index is 0.0869. The van der Waals surface area contributed by atoms with Crippen LogP contribution >= 0.6 is 11.3 Å². The van der Waals surface area contributed by atoms with Crippen molar-refractivity contribution in [1.29, 1.82) is 0 Å². The van der Waals surface area contributed by atoms with E-state index in [0.29, 0.717) is 12.6 Å². The van der Waals surface area contributed by atoms with Crippen LogP contribution in [0.15, 0.2) is 42.5 Å². The average molecular weight is 343 g/mol. The fourth-order valence-corrected chi connectivity index (χ4v) is 4.27. The van der Waals surface area contributed by atoms with Crippen molar-refractivity contribution < 1.29 is 4.79 Å². The lowest BCUT2D eigenvalue weighted by Gasteiger charge is -2.28. The SMILES string of the molecule is Cc1ccc(CN(C(=O)NCCc2ccccc2)C2CCCC2)s1. The predicted octanol–water partition coefficient (Wildman–Crippen LogP) is 4.75. The van der Waals surface area contributed by atoms with Gasteiger partial charge in [-0.05, 0) is 43.9 Å². The van der Waals surface area contributed by atoms with Crippen molar-refractivity contribution in [2.45, 2.75) is 51.6 Å². The summed E-state index contributed by atoms with van der Waals surface area (Å²) < 4.78 is 0. The molecule has 1 aliphatic rings. The number of aryl methyl sites for hydroxylation is 1. The molecule has 0 bridgehead atoms. The molecule has 1 aromatic carbocycles. The molecule has 2 aromatic rings. The first-order chi connectivity index (χ1) is 11.7. The van der Waals surface area contributed by atoms with E-state index in [1.54, 1.807) is 11.3 Å². The van der Waals surface area contributed by atoms with Crippen LogP contribution in [0.5, 0.6) is 0 Å². The fraction of sp³-hybridized carbons (Fsp3) is 0.450. The van der Waals surface area contributed by atoms with E-state index in [1.807, 2.05) is 18.2 Å². The van der Waals surface area contributed by atoms with Crippen molar-refractivity contribution in [2.75, 3.05) is 6.54 Å². The lowest BCUT2D eigenvalue weighted by Crippen LogP contribution is -2.45. The van der Waals surface area contributed by atoms with Crippen LogP contribution in [0.1, 0.15) is 41.0 Å². The van der Waals surface area contributed by atoms with Gasteiger partial charge in [-0.3, -0.25) is 0 Å². The van der Waals surface area contributed by atoms with E-state index in [9.17, 15) is 4.79 Å². The van der Waals surface area contributed by atoms with Crippen molar-refractivity contribution >= 4 is 17.4 Å². The number of rotatable bonds is 6. The largest absolute Gasteiger partial charge is 0.338 e. The van der Waals surface area contributed by atoms with Crippen molar-refractivity contribution in [1.82, 2.24) is 10.2 Å². The Balaban J connectivity index is 1.58. The van der Waals surface area contributed by atoms with Gasteiger partial charge in [0.15, 0.2) is 0 Å². The molecule has 1 aromatic heterocycles. The first-order valence-electron chi connectivity index (χ1n) is 8.86. The van der Waals surface area contributed by atoms with Crippen molar-refractivity contribution in [3.05, 3.63) is 57.8 Å². The third kappa shape index (κ3) is 4.60. The van der Waals surface area contributed by atoms with Gasteiger partial charge in [0.25, 0.3) is 0 Å². The molecule has 128 valence electrons. The third-order valence-electron chi connectivity index (χ3n) is 4.68. The van der Waals surface area contributed by atoms with Crippen molar-refractivity contribution in [3.8, 4) is 0 Å². The maximum absolute atomic E-state index is 12.8. The molecule has 3 rings (SSSR count). The van der Waals surface area contributed by atoms with Gasteiger partial charge >= 0.3 is 6.03 Å². The number of carbonyl (C=O) groups is 1. The van der Waals surface area contributed by atoms with Crippen LogP contribution in [0, 0.1) is 6.92 Å². The van der Waals surface area contributed by atoms with Gasteiger partial charge in [-0.15, -0.1) is 11.3 Å². The van der Waals surface area contributed by atoms with Crippen LogP contribution in [0.2, 0.25) is 0 Å². The van der Waals surface area contributed by atoms with Crippen LogP contribution in [0.4, 0.5) is 4.79 Å². The molecule has 0 aliphatic heterocycles. The van der Waals surface area contributed by atoms with Gasteiger partial charge in [0.05, 0.1) is 6.54 Å². The highest BCUT2D eigenvalue weighted by molar-refractivity contribution is 7.11. The molecular weight excluding hydrogens is 316 g/mol. The molecule has 1 saturated carbocycles. The molecule has 1 heterocycles. The summed E-state index contributed by atoms with van der Waals surface area (Å²) in [6.45, 7) is 3.55. The van der Waals surface area contributed by atoms with E-state index in [0.717, 1.165) is 25.8 Å². The summed E-state index contributed by atoms with van der Waals surface area (Å²) in [6.07, 6.45) is 5.62. The number of urea groups is 1. The number of hydrogen-bond acceptors (Lipinski definition) is 2. The number of hydrogen-bond donors (Lipinski definition) is 1. The van der Waals surface area contributed by atoms with Gasteiger partial charge in [0.2, 0.25) is 0 Å². The van der Waals surface area contributed by atoms with E-state index in [4.69, 9.17) is 0 Å². The monoisotopic (exact) mass is 342 g/mol. The molecule has 1 fully saturated rings. The number of benzene rings is 1. The highest BCUT2D eigenvalue weighted by atomic mass is 32.1. The molecule has 0 saturated heterocycles. The zero-order valence-electron chi connectivity index (χ0n) is 14.3. The van der Waals surface area contributed by atoms with Gasteiger partial charge in [-0.1, -0.05) is 43.2 Å². The third-order valence-corrected chi connectivity index (χ3v) is 5.67. The Morgan fingerprint density at radius 2 is 1.92 bits per heavy atom. The van der Waals surface area contributed by atoms with Crippen molar-refractivity contribution in [2.24, 2.45) is 0 Å². The smallest absolute Gasteiger partial charge is 0.317 e. The molecule has 0 radical (unpaired) electrons. The maximum Gasteiger partial charge on any atom is 0.317 e. The second kappa shape index (κ2) is 8.34. The van der Waals surface area contributed by atoms with Gasteiger partial charge in [-0.2, -0.15) is 0 Å². The van der Waals surface area contributed by atoms with Crippen molar-refractivity contribution in [3.63, 3.8) is 0 Å². The summed E-state index contributed by atoms with van der Waals surface area (Å²) in [7, 11) is 0. The van der Waals surface area contributed by atoms with Crippen LogP contribution < -0.4 is 5.32 Å². The molecule has 0 atom stereocenters. The fourth-order valence-electron chi connectivity index (χ4n) is 3.38. The number of nitrogens with zero attached hydrogens (tertiary/aromatic N) is 1. The molecular formula is C20H26N2OS. The molecule has 1 N–H and O–H groups in total. The minimum Gasteiger partial charge on any atom is -0.338 e. The summed E-state index contributed by atoms with van der Waals surface area (Å²) in [6, 6.07) is 15.1. The lowest BCUT2D eigenvalue weighted by molar-refractivity contribution is 0.172. The molecule has 24 heavy (non-hydrogen) atoms. The standard InChI is InChI=1S/C20H26N2OS/c1-16-11-12-19(24-16)15-22(18-9-5-6-10-18)20(23)21-14-13-17-7-3-2-4-8-17/h2-4,7-8,11-12,18H,5-6,9-10,13-15H2,1H3,(H,21,23). The Labute approximate surface area is 148 Å². The molecule has 2 amide bonds. The van der Waals surface area contributed by atoms with Gasteiger partial charge in [0.1, 0.15) is 0 Å². The van der Waals surface area contributed by atoms with E-state index in [-0.39, 0.29) is 6.03 Å². The Morgan fingerprint density at radius 3 is 2.58 bits per heavy atom. The Kier molecular flexibility index (Phi) is 5.91. The Bertz CT molecular complexity index is 647. The number of carbonyl (C=O) groups excluding carboxylic acids is 1. The van der Waals surface area contributed by atoms with Gasteiger partial charge in [0, 0.05) is 22.3 Å². The first-order valence-corrected chi connectivity index (χ1v) is 9.68. The lowest BCUT2D eigenvalue weighted by atomic mass is 10.1. The van der Waals surface area contributed by atoms with Crippen LogP contribution in [0.25, 0.3) is 0 Å². The van der Waals surface area contributed by atoms with Crippen LogP contribution in [-0.4, -0.2) is 23.5 Å². The second-order valence-corrected chi connectivity index (χ2v) is 7.92. The van der Waals surface area contributed by atoms with Crippen LogP contribution in [-0.2, 0) is 13.0 Å². The maximum atomic E-state index is 12.8. The second-order valence-electron chi connectivity index (χ2n) is 6.55. The highest BCUT2D eigenvalue weighted by Gasteiger charge is 2.26. The zero-order valence-corrected chi connectivity index (χ0v) is 15.1. The number of nitrogens with one attached hydrogen (secondary N) is 1. The molecule has 0 unspecified atom stereocenters. The predicted molar refractivity (Wildman–Crippen MR) is 100 cm³/mol. The normalized spacial score (nSPS) is 14.7. The molecule has 1 aliphatic carbocycles. The summed E-state index contributed by atoms with van der Waals surface area (Å²) in [5.41, 5.74) is 1.26. The summed E-state index contributed by atoms with van der Waals surface area (Å²) >= 11 is 1.79. The summed E-state index contributed by atoms with van der Waals surface area (Å²) in [4.78, 5) is 17.4. The number of amides is 2. The summed E-state index contributed by atoms with van der Waals surface area (Å²) in [5.74, 6) is 0. The zero-order chi connectivity index (χ0) is 16.8. The van der Waals surface area contributed by atoms with Crippen LogP contribution in [0.3, 0.4) is 0 Å². The van der Waals surface area contributed by atoms with E-state index in [2.05, 4.69) is 41.4 Å². The van der Waals surface area contributed by atoms with Gasteiger partial charge in [-0.25, -0.2) is 4.79 Å².